The second kappa shape index (κ2) is 8.15. The van der Waals surface area contributed by atoms with Gasteiger partial charge in [0, 0.05) is 19.5 Å². The van der Waals surface area contributed by atoms with Gasteiger partial charge in [-0.15, -0.1) is 0 Å². The third-order valence-corrected chi connectivity index (χ3v) is 5.92. The van der Waals surface area contributed by atoms with Gasteiger partial charge in [0.05, 0.1) is 11.7 Å². The van der Waals surface area contributed by atoms with Gasteiger partial charge in [0.2, 0.25) is 0 Å². The molecule has 2 aliphatic heterocycles. The van der Waals surface area contributed by atoms with Gasteiger partial charge >= 0.3 is 0 Å². The summed E-state index contributed by atoms with van der Waals surface area (Å²) in [6.45, 7) is 2.08. The van der Waals surface area contributed by atoms with Gasteiger partial charge in [-0.1, -0.05) is 48.5 Å². The molecule has 2 aromatic carbocycles. The van der Waals surface area contributed by atoms with E-state index in [4.69, 9.17) is 5.10 Å². The molecule has 1 fully saturated rings. The molecule has 4 rings (SSSR count). The van der Waals surface area contributed by atoms with Crippen LogP contribution in [0.5, 0.6) is 0 Å². The molecule has 2 aliphatic rings. The fourth-order valence-electron chi connectivity index (χ4n) is 4.14. The van der Waals surface area contributed by atoms with Crippen LogP contribution in [-0.2, 0) is 4.79 Å². The first-order chi connectivity index (χ1) is 13.6. The maximum Gasteiger partial charge on any atom is 0.270 e. The van der Waals surface area contributed by atoms with Crippen molar-refractivity contribution in [3.63, 3.8) is 0 Å². The average molecular weight is 377 g/mol. The normalized spacial score (nSPS) is 20.9. The molecular formula is C23H28N4O. The minimum absolute atomic E-state index is 0.0495. The average Bonchev–Trinajstić information content (AvgIpc) is 3.20. The minimum atomic E-state index is 0.0495. The molecule has 0 radical (unpaired) electrons. The Hall–Kier alpha value is -2.66. The van der Waals surface area contributed by atoms with Crippen LogP contribution in [0, 0.1) is 0 Å². The summed E-state index contributed by atoms with van der Waals surface area (Å²) >= 11 is 0. The Labute approximate surface area is 167 Å². The highest BCUT2D eigenvalue weighted by Crippen LogP contribution is 2.35. The van der Waals surface area contributed by atoms with E-state index in [9.17, 15) is 4.79 Å². The number of anilines is 1. The summed E-state index contributed by atoms with van der Waals surface area (Å²) in [4.78, 5) is 17.5. The van der Waals surface area contributed by atoms with Crippen LogP contribution in [0.2, 0.25) is 0 Å². The van der Waals surface area contributed by atoms with E-state index in [2.05, 4.69) is 24.1 Å². The predicted molar refractivity (Wildman–Crippen MR) is 113 cm³/mol. The van der Waals surface area contributed by atoms with Crippen molar-refractivity contribution >= 4 is 17.3 Å². The SMILES string of the molecule is CN1CCC(N(C)C(=O)C2=NN(c3ccccc3)C(c3ccccc3)C2)CC1. The van der Waals surface area contributed by atoms with Crippen molar-refractivity contribution in [2.24, 2.45) is 5.10 Å². The van der Waals surface area contributed by atoms with Crippen molar-refractivity contribution in [1.82, 2.24) is 9.80 Å². The second-order valence-electron chi connectivity index (χ2n) is 7.81. The maximum atomic E-state index is 13.2. The van der Waals surface area contributed by atoms with Gasteiger partial charge in [-0.3, -0.25) is 9.80 Å². The van der Waals surface area contributed by atoms with Gasteiger partial charge in [-0.05, 0) is 50.7 Å². The third kappa shape index (κ3) is 3.80. The van der Waals surface area contributed by atoms with Crippen molar-refractivity contribution in [2.75, 3.05) is 32.2 Å². The van der Waals surface area contributed by atoms with Gasteiger partial charge in [0.25, 0.3) is 5.91 Å². The van der Waals surface area contributed by atoms with Crippen molar-refractivity contribution in [2.45, 2.75) is 31.3 Å². The van der Waals surface area contributed by atoms with Crippen molar-refractivity contribution in [1.29, 1.82) is 0 Å². The largest absolute Gasteiger partial charge is 0.338 e. The number of piperidine rings is 1. The van der Waals surface area contributed by atoms with Crippen LogP contribution >= 0.6 is 0 Å². The summed E-state index contributed by atoms with van der Waals surface area (Å²) in [5, 5.41) is 6.80. The Morgan fingerprint density at radius 2 is 1.61 bits per heavy atom. The first kappa shape index (κ1) is 18.7. The van der Waals surface area contributed by atoms with E-state index < -0.39 is 0 Å². The summed E-state index contributed by atoms with van der Waals surface area (Å²) in [7, 11) is 4.07. The summed E-state index contributed by atoms with van der Waals surface area (Å²) in [5.41, 5.74) is 2.85. The lowest BCUT2D eigenvalue weighted by molar-refractivity contribution is -0.125. The van der Waals surface area contributed by atoms with Crippen molar-refractivity contribution in [3.8, 4) is 0 Å². The number of rotatable bonds is 4. The van der Waals surface area contributed by atoms with Gasteiger partial charge < -0.3 is 9.80 Å². The molecule has 1 amide bonds. The summed E-state index contributed by atoms with van der Waals surface area (Å²) in [6, 6.07) is 20.8. The highest BCUT2D eigenvalue weighted by Gasteiger charge is 2.35. The number of carbonyl (C=O) groups is 1. The van der Waals surface area contributed by atoms with Gasteiger partial charge in [-0.2, -0.15) is 5.10 Å². The van der Waals surface area contributed by atoms with E-state index in [1.165, 1.54) is 5.56 Å². The molecule has 1 saturated heterocycles. The van der Waals surface area contributed by atoms with Gasteiger partial charge in [0.1, 0.15) is 5.71 Å². The molecule has 146 valence electrons. The molecule has 2 heterocycles. The molecule has 0 N–H and O–H groups in total. The quantitative estimate of drug-likeness (QED) is 0.819. The Bertz CT molecular complexity index is 828. The highest BCUT2D eigenvalue weighted by atomic mass is 16.2. The Balaban J connectivity index is 1.58. The highest BCUT2D eigenvalue weighted by molar-refractivity contribution is 6.39. The molecule has 0 spiro atoms. The second-order valence-corrected chi connectivity index (χ2v) is 7.81. The summed E-state index contributed by atoms with van der Waals surface area (Å²) < 4.78 is 0. The number of hydrazone groups is 1. The Morgan fingerprint density at radius 1 is 1.00 bits per heavy atom. The molecule has 0 saturated carbocycles. The number of carbonyl (C=O) groups excluding carboxylic acids is 1. The van der Waals surface area contributed by atoms with E-state index in [0.29, 0.717) is 18.2 Å². The molecule has 5 nitrogen and oxygen atoms in total. The molecule has 0 aliphatic carbocycles. The van der Waals surface area contributed by atoms with E-state index in [-0.39, 0.29) is 11.9 Å². The first-order valence-corrected chi connectivity index (χ1v) is 10.1. The number of hydrogen-bond donors (Lipinski definition) is 0. The third-order valence-electron chi connectivity index (χ3n) is 5.92. The number of para-hydroxylation sites is 1. The predicted octanol–water partition coefficient (Wildman–Crippen LogP) is 3.55. The smallest absolute Gasteiger partial charge is 0.270 e. The van der Waals surface area contributed by atoms with Crippen LogP contribution < -0.4 is 5.01 Å². The lowest BCUT2D eigenvalue weighted by atomic mass is 9.99. The van der Waals surface area contributed by atoms with E-state index in [0.717, 1.165) is 31.6 Å². The van der Waals surface area contributed by atoms with Gasteiger partial charge in [0.15, 0.2) is 0 Å². The molecule has 1 unspecified atom stereocenters. The van der Waals surface area contributed by atoms with E-state index in [1.807, 2.05) is 65.5 Å². The zero-order valence-electron chi connectivity index (χ0n) is 16.7. The number of hydrogen-bond acceptors (Lipinski definition) is 4. The van der Waals surface area contributed by atoms with Crippen LogP contribution in [0.15, 0.2) is 65.8 Å². The fourth-order valence-corrected chi connectivity index (χ4v) is 4.14. The lowest BCUT2D eigenvalue weighted by Crippen LogP contribution is -2.46. The van der Waals surface area contributed by atoms with E-state index in [1.54, 1.807) is 0 Å². The Morgan fingerprint density at radius 3 is 2.25 bits per heavy atom. The molecular weight excluding hydrogens is 348 g/mol. The molecule has 28 heavy (non-hydrogen) atoms. The number of benzene rings is 2. The Kier molecular flexibility index (Phi) is 5.44. The van der Waals surface area contributed by atoms with Crippen molar-refractivity contribution in [3.05, 3.63) is 66.2 Å². The van der Waals surface area contributed by atoms with Gasteiger partial charge in [-0.25, -0.2) is 0 Å². The van der Waals surface area contributed by atoms with Crippen LogP contribution in [-0.4, -0.2) is 54.6 Å². The monoisotopic (exact) mass is 376 g/mol. The van der Waals surface area contributed by atoms with Crippen LogP contribution in [0.25, 0.3) is 0 Å². The summed E-state index contributed by atoms with van der Waals surface area (Å²) in [6.07, 6.45) is 2.68. The fraction of sp³-hybridized carbons (Fsp3) is 0.391. The van der Waals surface area contributed by atoms with Crippen molar-refractivity contribution < 1.29 is 4.79 Å². The standard InChI is InChI=1S/C23H28N4O/c1-25-15-13-19(14-16-25)26(2)23(28)21-17-22(18-9-5-3-6-10-18)27(24-21)20-11-7-4-8-12-20/h3-12,19,22H,13-17H2,1-2H3. The zero-order valence-corrected chi connectivity index (χ0v) is 16.7. The molecule has 2 aromatic rings. The maximum absolute atomic E-state index is 13.2. The topological polar surface area (TPSA) is 39.1 Å². The summed E-state index contributed by atoms with van der Waals surface area (Å²) in [5.74, 6) is 0.0638. The van der Waals surface area contributed by atoms with E-state index >= 15 is 0 Å². The molecule has 5 heteroatoms. The van der Waals surface area contributed by atoms with Crippen LogP contribution in [0.1, 0.15) is 30.9 Å². The van der Waals surface area contributed by atoms with Crippen LogP contribution in [0.4, 0.5) is 5.69 Å². The number of nitrogens with zero attached hydrogens (tertiary/aromatic N) is 4. The first-order valence-electron chi connectivity index (χ1n) is 10.1. The minimum Gasteiger partial charge on any atom is -0.338 e. The molecule has 0 aromatic heterocycles. The molecule has 1 atom stereocenters. The zero-order chi connectivity index (χ0) is 19.5. The van der Waals surface area contributed by atoms with Crippen LogP contribution in [0.3, 0.4) is 0 Å². The molecule has 0 bridgehead atoms. The number of amides is 1. The number of likely N-dealkylation sites (tertiary alicyclic amines) is 1. The lowest BCUT2D eigenvalue weighted by Gasteiger charge is -2.35.